The molecule has 0 aliphatic heterocycles. The molecule has 0 bridgehead atoms. The van der Waals surface area contributed by atoms with Crippen molar-refractivity contribution in [3.63, 3.8) is 0 Å². The zero-order valence-electron chi connectivity index (χ0n) is 13.2. The van der Waals surface area contributed by atoms with E-state index in [1.54, 1.807) is 16.7 Å². The Hall–Kier alpha value is -1.34. The van der Waals surface area contributed by atoms with Crippen LogP contribution in [0.15, 0.2) is 22.4 Å². The number of rotatable bonds is 5. The third kappa shape index (κ3) is 3.95. The van der Waals surface area contributed by atoms with Gasteiger partial charge in [-0.2, -0.15) is 0 Å². The molecule has 3 rings (SSSR count). The molecule has 1 aliphatic carbocycles. The molecule has 2 aromatic rings. The van der Waals surface area contributed by atoms with E-state index in [0.717, 1.165) is 18.5 Å². The lowest BCUT2D eigenvalue weighted by atomic mass is 9.94. The molecule has 0 atom stereocenters. The van der Waals surface area contributed by atoms with E-state index in [0.29, 0.717) is 22.5 Å². The predicted octanol–water partition coefficient (Wildman–Crippen LogP) is 2.78. The number of thioether (sulfide) groups is 1. The summed E-state index contributed by atoms with van der Waals surface area (Å²) in [4.78, 5) is 31.3. The van der Waals surface area contributed by atoms with Crippen molar-refractivity contribution in [3.8, 4) is 0 Å². The van der Waals surface area contributed by atoms with Gasteiger partial charge in [-0.3, -0.25) is 14.0 Å². The lowest BCUT2D eigenvalue weighted by Crippen LogP contribution is -2.39. The minimum Gasteiger partial charge on any atom is -0.342 e. The van der Waals surface area contributed by atoms with Gasteiger partial charge in [0.25, 0.3) is 5.56 Å². The number of hydrogen-bond acceptors (Lipinski definition) is 5. The van der Waals surface area contributed by atoms with Gasteiger partial charge in [-0.15, -0.1) is 23.1 Å². The van der Waals surface area contributed by atoms with Gasteiger partial charge in [0.15, 0.2) is 4.96 Å². The summed E-state index contributed by atoms with van der Waals surface area (Å²) in [7, 11) is 1.92. The van der Waals surface area contributed by atoms with Crippen molar-refractivity contribution in [2.45, 2.75) is 43.9 Å². The maximum atomic E-state index is 12.3. The SMILES string of the molecule is CN(C(=O)CSCc1cc(=O)n2ccsc2n1)C1CCCCC1. The van der Waals surface area contributed by atoms with Crippen LogP contribution in [0.1, 0.15) is 37.8 Å². The van der Waals surface area contributed by atoms with E-state index in [4.69, 9.17) is 0 Å². The molecular formula is C16H21N3O2S2. The molecule has 1 saturated carbocycles. The lowest BCUT2D eigenvalue weighted by molar-refractivity contribution is -0.129. The molecule has 124 valence electrons. The summed E-state index contributed by atoms with van der Waals surface area (Å²) in [6, 6.07) is 1.96. The Kier molecular flexibility index (Phi) is 5.38. The number of carbonyl (C=O) groups is 1. The molecule has 2 heterocycles. The van der Waals surface area contributed by atoms with Gasteiger partial charge in [0, 0.05) is 36.5 Å². The number of fused-ring (bicyclic) bond motifs is 1. The Morgan fingerprint density at radius 3 is 3.00 bits per heavy atom. The van der Waals surface area contributed by atoms with Crippen LogP contribution in [0.3, 0.4) is 0 Å². The Balaban J connectivity index is 1.53. The van der Waals surface area contributed by atoms with Crippen molar-refractivity contribution >= 4 is 34.0 Å². The topological polar surface area (TPSA) is 54.7 Å². The molecular weight excluding hydrogens is 330 g/mol. The second-order valence-electron chi connectivity index (χ2n) is 5.93. The molecule has 1 fully saturated rings. The summed E-state index contributed by atoms with van der Waals surface area (Å²) in [5.74, 6) is 1.21. The number of amides is 1. The molecule has 0 unspecified atom stereocenters. The lowest BCUT2D eigenvalue weighted by Gasteiger charge is -2.31. The van der Waals surface area contributed by atoms with Crippen molar-refractivity contribution in [1.29, 1.82) is 0 Å². The zero-order valence-corrected chi connectivity index (χ0v) is 14.9. The monoisotopic (exact) mass is 351 g/mol. The Bertz CT molecular complexity index is 734. The van der Waals surface area contributed by atoms with Gasteiger partial charge < -0.3 is 4.90 Å². The fourth-order valence-corrected chi connectivity index (χ4v) is 4.55. The molecule has 0 spiro atoms. The Labute approximate surface area is 143 Å². The van der Waals surface area contributed by atoms with Crippen molar-refractivity contribution in [2.75, 3.05) is 12.8 Å². The van der Waals surface area contributed by atoms with E-state index in [9.17, 15) is 9.59 Å². The van der Waals surface area contributed by atoms with Gasteiger partial charge >= 0.3 is 0 Å². The molecule has 0 N–H and O–H groups in total. The molecule has 5 nitrogen and oxygen atoms in total. The molecule has 0 radical (unpaired) electrons. The third-order valence-electron chi connectivity index (χ3n) is 4.35. The second-order valence-corrected chi connectivity index (χ2v) is 7.79. The predicted molar refractivity (Wildman–Crippen MR) is 95.1 cm³/mol. The van der Waals surface area contributed by atoms with E-state index in [1.165, 1.54) is 42.4 Å². The first-order chi connectivity index (χ1) is 11.1. The quantitative estimate of drug-likeness (QED) is 0.831. The van der Waals surface area contributed by atoms with Crippen LogP contribution in [0.5, 0.6) is 0 Å². The summed E-state index contributed by atoms with van der Waals surface area (Å²) in [5, 5.41) is 1.85. The highest BCUT2D eigenvalue weighted by Crippen LogP contribution is 2.22. The highest BCUT2D eigenvalue weighted by atomic mass is 32.2. The number of thiazole rings is 1. The van der Waals surface area contributed by atoms with E-state index >= 15 is 0 Å². The van der Waals surface area contributed by atoms with Gasteiger partial charge in [0.05, 0.1) is 11.4 Å². The number of carbonyl (C=O) groups excluding carboxylic acids is 1. The van der Waals surface area contributed by atoms with Crippen LogP contribution >= 0.6 is 23.1 Å². The average Bonchev–Trinajstić information content (AvgIpc) is 3.04. The Morgan fingerprint density at radius 2 is 2.22 bits per heavy atom. The van der Waals surface area contributed by atoms with Crippen LogP contribution in [-0.4, -0.2) is 39.0 Å². The van der Waals surface area contributed by atoms with Crippen LogP contribution in [0.2, 0.25) is 0 Å². The van der Waals surface area contributed by atoms with Gasteiger partial charge in [0.2, 0.25) is 5.91 Å². The highest BCUT2D eigenvalue weighted by molar-refractivity contribution is 7.99. The summed E-state index contributed by atoms with van der Waals surface area (Å²) in [6.45, 7) is 0. The van der Waals surface area contributed by atoms with E-state index in [-0.39, 0.29) is 11.5 Å². The number of aromatic nitrogens is 2. The van der Waals surface area contributed by atoms with E-state index in [2.05, 4.69) is 4.98 Å². The minimum atomic E-state index is -0.0579. The first-order valence-corrected chi connectivity index (χ1v) is 9.98. The fraction of sp³-hybridized carbons (Fsp3) is 0.562. The van der Waals surface area contributed by atoms with Gasteiger partial charge in [-0.05, 0) is 12.8 Å². The molecule has 0 aromatic carbocycles. The molecule has 7 heteroatoms. The van der Waals surface area contributed by atoms with Crippen LogP contribution in [-0.2, 0) is 10.5 Å². The van der Waals surface area contributed by atoms with Crippen LogP contribution in [0.25, 0.3) is 4.96 Å². The highest BCUT2D eigenvalue weighted by Gasteiger charge is 2.21. The standard InChI is InChI=1S/C16H21N3O2S2/c1-18(13-5-3-2-4-6-13)15(21)11-22-10-12-9-14(20)19-7-8-23-16(19)17-12/h7-9,13H,2-6,10-11H2,1H3. The van der Waals surface area contributed by atoms with Crippen molar-refractivity contribution in [2.24, 2.45) is 0 Å². The van der Waals surface area contributed by atoms with E-state index < -0.39 is 0 Å². The van der Waals surface area contributed by atoms with Crippen LogP contribution in [0.4, 0.5) is 0 Å². The molecule has 2 aromatic heterocycles. The molecule has 23 heavy (non-hydrogen) atoms. The summed E-state index contributed by atoms with van der Waals surface area (Å²) >= 11 is 2.98. The largest absolute Gasteiger partial charge is 0.342 e. The summed E-state index contributed by atoms with van der Waals surface area (Å²) < 4.78 is 1.54. The zero-order chi connectivity index (χ0) is 16.2. The summed E-state index contributed by atoms with van der Waals surface area (Å²) in [5.41, 5.74) is 0.688. The van der Waals surface area contributed by atoms with Gasteiger partial charge in [-0.25, -0.2) is 4.98 Å². The third-order valence-corrected chi connectivity index (χ3v) is 6.06. The van der Waals surface area contributed by atoms with Gasteiger partial charge in [-0.1, -0.05) is 19.3 Å². The smallest absolute Gasteiger partial charge is 0.258 e. The average molecular weight is 351 g/mol. The molecule has 0 saturated heterocycles. The van der Waals surface area contributed by atoms with Crippen LogP contribution in [0, 0.1) is 0 Å². The Morgan fingerprint density at radius 1 is 1.43 bits per heavy atom. The van der Waals surface area contributed by atoms with E-state index in [1.807, 2.05) is 17.3 Å². The first-order valence-electron chi connectivity index (χ1n) is 7.94. The first kappa shape index (κ1) is 16.5. The fourth-order valence-electron chi connectivity index (χ4n) is 2.98. The molecule has 1 amide bonds. The molecule has 1 aliphatic rings. The normalized spacial score (nSPS) is 15.9. The second kappa shape index (κ2) is 7.49. The van der Waals surface area contributed by atoms with Crippen molar-refractivity contribution in [1.82, 2.24) is 14.3 Å². The van der Waals surface area contributed by atoms with Gasteiger partial charge in [0.1, 0.15) is 0 Å². The van der Waals surface area contributed by atoms with Crippen molar-refractivity contribution < 1.29 is 4.79 Å². The summed E-state index contributed by atoms with van der Waals surface area (Å²) in [6.07, 6.45) is 7.73. The maximum absolute atomic E-state index is 12.3. The number of nitrogens with zero attached hydrogens (tertiary/aromatic N) is 3. The minimum absolute atomic E-state index is 0.0579. The van der Waals surface area contributed by atoms with Crippen molar-refractivity contribution in [3.05, 3.63) is 33.7 Å². The number of hydrogen-bond donors (Lipinski definition) is 0. The maximum Gasteiger partial charge on any atom is 0.258 e. The van der Waals surface area contributed by atoms with Crippen LogP contribution < -0.4 is 5.56 Å².